The summed E-state index contributed by atoms with van der Waals surface area (Å²) in [6.07, 6.45) is 1.63. The number of aromatic nitrogens is 3. The molecule has 0 saturated heterocycles. The normalized spacial score (nSPS) is 14.5. The second-order valence-corrected chi connectivity index (χ2v) is 6.20. The first kappa shape index (κ1) is 16.6. The molecule has 1 aromatic heterocycles. The molecule has 0 bridgehead atoms. The summed E-state index contributed by atoms with van der Waals surface area (Å²) in [6, 6.07) is 11.5. The van der Waals surface area contributed by atoms with E-state index in [0.717, 1.165) is 12.4 Å². The molecule has 2 unspecified atom stereocenters. The van der Waals surface area contributed by atoms with E-state index in [9.17, 15) is 0 Å². The van der Waals surface area contributed by atoms with Crippen molar-refractivity contribution in [1.29, 1.82) is 0 Å². The molecule has 5 heteroatoms. The average Bonchev–Trinajstić information content (AvgIpc) is 2.94. The molecule has 0 amide bonds. The number of nitrogens with zero attached hydrogens (tertiary/aromatic N) is 4. The molecule has 2 atom stereocenters. The quantitative estimate of drug-likeness (QED) is 0.854. The number of benzene rings is 1. The number of rotatable bonds is 7. The van der Waals surface area contributed by atoms with Crippen LogP contribution >= 0.6 is 0 Å². The summed E-state index contributed by atoms with van der Waals surface area (Å²) in [7, 11) is 4.24. The van der Waals surface area contributed by atoms with Gasteiger partial charge in [0.05, 0.1) is 6.54 Å². The van der Waals surface area contributed by atoms with E-state index < -0.39 is 0 Å². The van der Waals surface area contributed by atoms with Crippen molar-refractivity contribution in [2.75, 3.05) is 14.1 Å². The molecule has 2 aromatic rings. The Hall–Kier alpha value is -1.72. The van der Waals surface area contributed by atoms with Gasteiger partial charge in [0.1, 0.15) is 12.2 Å². The van der Waals surface area contributed by atoms with Gasteiger partial charge < -0.3 is 10.2 Å². The topological polar surface area (TPSA) is 46.0 Å². The largest absolute Gasteiger partial charge is 0.305 e. The predicted octanol–water partition coefficient (Wildman–Crippen LogP) is 2.64. The molecule has 0 fully saturated rings. The highest BCUT2D eigenvalue weighted by Gasteiger charge is 2.21. The second-order valence-electron chi connectivity index (χ2n) is 6.20. The van der Waals surface area contributed by atoms with Gasteiger partial charge in [0.15, 0.2) is 0 Å². The van der Waals surface area contributed by atoms with Gasteiger partial charge in [-0.05, 0) is 40.4 Å². The van der Waals surface area contributed by atoms with E-state index in [1.165, 1.54) is 5.56 Å². The SMILES string of the molecule is CC(NCc1ncnn1C(C)C)C(c1ccccc1)N(C)C. The Morgan fingerprint density at radius 3 is 2.41 bits per heavy atom. The summed E-state index contributed by atoms with van der Waals surface area (Å²) in [5, 5.41) is 7.88. The fourth-order valence-electron chi connectivity index (χ4n) is 2.88. The summed E-state index contributed by atoms with van der Waals surface area (Å²) in [5.74, 6) is 0.979. The third-order valence-corrected chi connectivity index (χ3v) is 3.89. The zero-order chi connectivity index (χ0) is 16.1. The van der Waals surface area contributed by atoms with Crippen molar-refractivity contribution in [3.05, 3.63) is 48.0 Å². The zero-order valence-corrected chi connectivity index (χ0v) is 14.2. The van der Waals surface area contributed by atoms with E-state index in [-0.39, 0.29) is 0 Å². The predicted molar refractivity (Wildman–Crippen MR) is 89.6 cm³/mol. The Labute approximate surface area is 133 Å². The maximum Gasteiger partial charge on any atom is 0.141 e. The van der Waals surface area contributed by atoms with Gasteiger partial charge in [-0.3, -0.25) is 0 Å². The number of hydrogen-bond acceptors (Lipinski definition) is 4. The molecule has 0 spiro atoms. The first-order chi connectivity index (χ1) is 10.5. The number of hydrogen-bond donors (Lipinski definition) is 1. The van der Waals surface area contributed by atoms with Crippen LogP contribution in [-0.2, 0) is 6.54 Å². The maximum atomic E-state index is 4.36. The van der Waals surface area contributed by atoms with Gasteiger partial charge in [-0.15, -0.1) is 0 Å². The first-order valence-corrected chi connectivity index (χ1v) is 7.83. The third-order valence-electron chi connectivity index (χ3n) is 3.89. The molecular weight excluding hydrogens is 274 g/mol. The van der Waals surface area contributed by atoms with Crippen LogP contribution in [0.4, 0.5) is 0 Å². The lowest BCUT2D eigenvalue weighted by atomic mass is 9.99. The van der Waals surface area contributed by atoms with E-state index in [2.05, 4.69) is 85.5 Å². The van der Waals surface area contributed by atoms with E-state index in [1.54, 1.807) is 6.33 Å². The van der Waals surface area contributed by atoms with Crippen molar-refractivity contribution in [2.24, 2.45) is 0 Å². The number of likely N-dealkylation sites (N-methyl/N-ethyl adjacent to an activating group) is 1. The van der Waals surface area contributed by atoms with Crippen molar-refractivity contribution in [3.63, 3.8) is 0 Å². The van der Waals surface area contributed by atoms with Gasteiger partial charge in [-0.25, -0.2) is 9.67 Å². The minimum atomic E-state index is 0.301. The Morgan fingerprint density at radius 2 is 1.82 bits per heavy atom. The standard InChI is InChI=1S/C17H27N5/c1-13(2)22-16(19-12-20-22)11-18-14(3)17(21(4)5)15-9-7-6-8-10-15/h6-10,12-14,17-18H,11H2,1-5H3. The fourth-order valence-corrected chi connectivity index (χ4v) is 2.88. The van der Waals surface area contributed by atoms with Crippen LogP contribution in [0.3, 0.4) is 0 Å². The van der Waals surface area contributed by atoms with Crippen LogP contribution in [0.15, 0.2) is 36.7 Å². The van der Waals surface area contributed by atoms with Gasteiger partial charge in [0, 0.05) is 18.1 Å². The van der Waals surface area contributed by atoms with E-state index in [0.29, 0.717) is 18.1 Å². The third kappa shape index (κ3) is 3.93. The van der Waals surface area contributed by atoms with Crippen molar-refractivity contribution in [2.45, 2.75) is 45.4 Å². The molecule has 1 N–H and O–H groups in total. The Bertz CT molecular complexity index is 561. The monoisotopic (exact) mass is 301 g/mol. The van der Waals surface area contributed by atoms with Gasteiger partial charge >= 0.3 is 0 Å². The molecule has 5 nitrogen and oxygen atoms in total. The average molecular weight is 301 g/mol. The Morgan fingerprint density at radius 1 is 1.14 bits per heavy atom. The molecule has 1 heterocycles. The van der Waals surface area contributed by atoms with Crippen molar-refractivity contribution in [1.82, 2.24) is 25.0 Å². The molecule has 1 aromatic carbocycles. The fraction of sp³-hybridized carbons (Fsp3) is 0.529. The van der Waals surface area contributed by atoms with E-state index in [1.807, 2.05) is 4.68 Å². The van der Waals surface area contributed by atoms with Crippen molar-refractivity contribution < 1.29 is 0 Å². The molecule has 0 saturated carbocycles. The molecule has 0 aliphatic rings. The maximum absolute atomic E-state index is 4.36. The van der Waals surface area contributed by atoms with Crippen molar-refractivity contribution >= 4 is 0 Å². The zero-order valence-electron chi connectivity index (χ0n) is 14.2. The summed E-state index contributed by atoms with van der Waals surface area (Å²) < 4.78 is 1.97. The first-order valence-electron chi connectivity index (χ1n) is 7.83. The lowest BCUT2D eigenvalue weighted by Gasteiger charge is -2.31. The van der Waals surface area contributed by atoms with Gasteiger partial charge in [-0.1, -0.05) is 30.3 Å². The minimum absolute atomic E-state index is 0.301. The molecular formula is C17H27N5. The molecule has 0 radical (unpaired) electrons. The van der Waals surface area contributed by atoms with Gasteiger partial charge in [0.2, 0.25) is 0 Å². The lowest BCUT2D eigenvalue weighted by molar-refractivity contribution is 0.237. The van der Waals surface area contributed by atoms with Crippen LogP contribution in [0.25, 0.3) is 0 Å². The second kappa shape index (κ2) is 7.51. The van der Waals surface area contributed by atoms with Crippen LogP contribution in [0, 0.1) is 0 Å². The lowest BCUT2D eigenvalue weighted by Crippen LogP contribution is -2.39. The Kier molecular flexibility index (Phi) is 5.69. The molecule has 0 aliphatic carbocycles. The molecule has 2 rings (SSSR count). The van der Waals surface area contributed by atoms with Gasteiger partial charge in [-0.2, -0.15) is 5.10 Å². The van der Waals surface area contributed by atoms with Crippen LogP contribution < -0.4 is 5.32 Å². The smallest absolute Gasteiger partial charge is 0.141 e. The Balaban J connectivity index is 2.06. The highest BCUT2D eigenvalue weighted by molar-refractivity contribution is 5.20. The molecule has 120 valence electrons. The van der Waals surface area contributed by atoms with Gasteiger partial charge in [0.25, 0.3) is 0 Å². The highest BCUT2D eigenvalue weighted by atomic mass is 15.4. The van der Waals surface area contributed by atoms with Crippen molar-refractivity contribution in [3.8, 4) is 0 Å². The van der Waals surface area contributed by atoms with Crippen LogP contribution in [0.5, 0.6) is 0 Å². The summed E-state index contributed by atoms with van der Waals surface area (Å²) in [4.78, 5) is 6.61. The molecule has 22 heavy (non-hydrogen) atoms. The van der Waals surface area contributed by atoms with E-state index in [4.69, 9.17) is 0 Å². The summed E-state index contributed by atoms with van der Waals surface area (Å²) >= 11 is 0. The number of nitrogens with one attached hydrogen (secondary N) is 1. The van der Waals surface area contributed by atoms with E-state index >= 15 is 0 Å². The minimum Gasteiger partial charge on any atom is -0.305 e. The highest BCUT2D eigenvalue weighted by Crippen LogP contribution is 2.22. The molecule has 0 aliphatic heterocycles. The van der Waals surface area contributed by atoms with Crippen LogP contribution in [0.2, 0.25) is 0 Å². The summed E-state index contributed by atoms with van der Waals surface area (Å²) in [6.45, 7) is 7.17. The van der Waals surface area contributed by atoms with Crippen LogP contribution in [0.1, 0.15) is 44.2 Å². The summed E-state index contributed by atoms with van der Waals surface area (Å²) in [5.41, 5.74) is 1.32. The van der Waals surface area contributed by atoms with Crippen LogP contribution in [-0.4, -0.2) is 39.8 Å².